The molecule has 0 amide bonds. The van der Waals surface area contributed by atoms with E-state index < -0.39 is 0 Å². The van der Waals surface area contributed by atoms with Crippen molar-refractivity contribution < 1.29 is 4.74 Å². The van der Waals surface area contributed by atoms with Gasteiger partial charge in [-0.2, -0.15) is 0 Å². The van der Waals surface area contributed by atoms with Crippen LogP contribution in [-0.2, 0) is 6.42 Å². The van der Waals surface area contributed by atoms with Crippen LogP contribution in [-0.4, -0.2) is 26.5 Å². The molecule has 2 heterocycles. The van der Waals surface area contributed by atoms with Crippen molar-refractivity contribution in [1.82, 2.24) is 19.9 Å². The van der Waals surface area contributed by atoms with E-state index in [4.69, 9.17) is 21.3 Å². The molecule has 0 unspecified atom stereocenters. The maximum Gasteiger partial charge on any atom is 0.240 e. The Morgan fingerprint density at radius 1 is 1.13 bits per heavy atom. The van der Waals surface area contributed by atoms with Crippen molar-refractivity contribution in [3.8, 4) is 17.1 Å². The van der Waals surface area contributed by atoms with Crippen LogP contribution >= 0.6 is 11.6 Å². The lowest BCUT2D eigenvalue weighted by Crippen LogP contribution is -2.03. The SMILES string of the molecule is CCOc1ncc(Cc2cncnc2)nc1-c1cccc(Cl)c1. The first kappa shape index (κ1) is 15.4. The van der Waals surface area contributed by atoms with Crippen LogP contribution in [0.5, 0.6) is 5.88 Å². The number of benzene rings is 1. The largest absolute Gasteiger partial charge is 0.476 e. The average Bonchev–Trinajstić information content (AvgIpc) is 2.57. The van der Waals surface area contributed by atoms with Crippen molar-refractivity contribution >= 4 is 11.6 Å². The quantitative estimate of drug-likeness (QED) is 0.717. The molecule has 23 heavy (non-hydrogen) atoms. The van der Waals surface area contributed by atoms with Crippen molar-refractivity contribution in [3.63, 3.8) is 0 Å². The lowest BCUT2D eigenvalue weighted by Gasteiger charge is -2.10. The monoisotopic (exact) mass is 326 g/mol. The third-order valence-corrected chi connectivity index (χ3v) is 3.40. The maximum atomic E-state index is 6.09. The highest BCUT2D eigenvalue weighted by atomic mass is 35.5. The Hall–Kier alpha value is -2.53. The van der Waals surface area contributed by atoms with Crippen LogP contribution in [0, 0.1) is 0 Å². The molecule has 1 aromatic carbocycles. The van der Waals surface area contributed by atoms with Gasteiger partial charge in [-0.05, 0) is 24.6 Å². The lowest BCUT2D eigenvalue weighted by atomic mass is 10.1. The minimum atomic E-state index is 0.503. The molecule has 3 rings (SSSR count). The Kier molecular flexibility index (Phi) is 4.78. The van der Waals surface area contributed by atoms with Gasteiger partial charge in [0.2, 0.25) is 5.88 Å². The van der Waals surface area contributed by atoms with Gasteiger partial charge in [0.15, 0.2) is 0 Å². The molecular weight excluding hydrogens is 312 g/mol. The minimum absolute atomic E-state index is 0.503. The summed E-state index contributed by atoms with van der Waals surface area (Å²) >= 11 is 6.09. The van der Waals surface area contributed by atoms with E-state index in [-0.39, 0.29) is 0 Å². The summed E-state index contributed by atoms with van der Waals surface area (Å²) in [5.41, 5.74) is 3.35. The van der Waals surface area contributed by atoms with Gasteiger partial charge in [-0.15, -0.1) is 0 Å². The molecule has 0 atom stereocenters. The molecule has 116 valence electrons. The van der Waals surface area contributed by atoms with Gasteiger partial charge in [0.25, 0.3) is 0 Å². The van der Waals surface area contributed by atoms with E-state index in [1.54, 1.807) is 18.6 Å². The summed E-state index contributed by atoms with van der Waals surface area (Å²) in [5, 5.41) is 0.647. The fraction of sp³-hybridized carbons (Fsp3) is 0.176. The van der Waals surface area contributed by atoms with Crippen molar-refractivity contribution in [2.45, 2.75) is 13.3 Å². The minimum Gasteiger partial charge on any atom is -0.476 e. The van der Waals surface area contributed by atoms with Gasteiger partial charge >= 0.3 is 0 Å². The molecular formula is C17H15ClN4O. The van der Waals surface area contributed by atoms with Crippen molar-refractivity contribution in [1.29, 1.82) is 0 Å². The fourth-order valence-electron chi connectivity index (χ4n) is 2.20. The standard InChI is InChI=1S/C17H15ClN4O/c1-2-23-17-16(13-4-3-5-14(18)7-13)22-15(10-21-17)6-12-8-19-11-20-9-12/h3-5,7-11H,2,6H2,1H3. The van der Waals surface area contributed by atoms with Gasteiger partial charge < -0.3 is 4.74 Å². The van der Waals surface area contributed by atoms with E-state index in [1.807, 2.05) is 31.2 Å². The van der Waals surface area contributed by atoms with Crippen LogP contribution in [0.15, 0.2) is 49.2 Å². The van der Waals surface area contributed by atoms with Crippen LogP contribution in [0.2, 0.25) is 5.02 Å². The fourth-order valence-corrected chi connectivity index (χ4v) is 2.39. The number of hydrogen-bond acceptors (Lipinski definition) is 5. The Morgan fingerprint density at radius 2 is 1.96 bits per heavy atom. The summed E-state index contributed by atoms with van der Waals surface area (Å²) in [4.78, 5) is 17.1. The summed E-state index contributed by atoms with van der Waals surface area (Å²) in [6.07, 6.45) is 7.36. The number of nitrogens with zero attached hydrogens (tertiary/aromatic N) is 4. The average molecular weight is 327 g/mol. The van der Waals surface area contributed by atoms with E-state index in [1.165, 1.54) is 6.33 Å². The first-order valence-corrected chi connectivity index (χ1v) is 7.62. The molecule has 0 fully saturated rings. The summed E-state index contributed by atoms with van der Waals surface area (Å²) in [7, 11) is 0. The van der Waals surface area contributed by atoms with Gasteiger partial charge in [0.1, 0.15) is 12.0 Å². The summed E-state index contributed by atoms with van der Waals surface area (Å²) < 4.78 is 5.60. The maximum absolute atomic E-state index is 6.09. The molecule has 6 heteroatoms. The van der Waals surface area contributed by atoms with Crippen LogP contribution in [0.1, 0.15) is 18.2 Å². The first-order chi connectivity index (χ1) is 11.3. The molecule has 5 nitrogen and oxygen atoms in total. The molecule has 0 aliphatic rings. The molecule has 0 saturated carbocycles. The molecule has 0 spiro atoms. The Morgan fingerprint density at radius 3 is 2.70 bits per heavy atom. The molecule has 0 N–H and O–H groups in total. The number of hydrogen-bond donors (Lipinski definition) is 0. The smallest absolute Gasteiger partial charge is 0.240 e. The second kappa shape index (κ2) is 7.15. The normalized spacial score (nSPS) is 10.5. The molecule has 0 saturated heterocycles. The lowest BCUT2D eigenvalue weighted by molar-refractivity contribution is 0.326. The molecule has 0 aliphatic heterocycles. The zero-order chi connectivity index (χ0) is 16.1. The van der Waals surface area contributed by atoms with E-state index in [2.05, 4.69) is 15.0 Å². The summed E-state index contributed by atoms with van der Waals surface area (Å²) in [6, 6.07) is 7.49. The highest BCUT2D eigenvalue weighted by Crippen LogP contribution is 2.28. The van der Waals surface area contributed by atoms with E-state index in [0.29, 0.717) is 29.6 Å². The number of halogens is 1. The highest BCUT2D eigenvalue weighted by Gasteiger charge is 2.12. The van der Waals surface area contributed by atoms with Gasteiger partial charge in [-0.25, -0.2) is 19.9 Å². The van der Waals surface area contributed by atoms with Gasteiger partial charge in [-0.3, -0.25) is 0 Å². The van der Waals surface area contributed by atoms with Gasteiger partial charge in [0, 0.05) is 29.4 Å². The molecule has 0 aliphatic carbocycles. The third-order valence-electron chi connectivity index (χ3n) is 3.17. The predicted octanol–water partition coefficient (Wildman–Crippen LogP) is 3.58. The number of ether oxygens (including phenoxy) is 1. The Bertz CT molecular complexity index is 796. The zero-order valence-corrected chi connectivity index (χ0v) is 13.4. The van der Waals surface area contributed by atoms with Crippen molar-refractivity contribution in [2.24, 2.45) is 0 Å². The van der Waals surface area contributed by atoms with E-state index in [0.717, 1.165) is 16.8 Å². The molecule has 3 aromatic rings. The predicted molar refractivity (Wildman–Crippen MR) is 88.5 cm³/mol. The van der Waals surface area contributed by atoms with Crippen molar-refractivity contribution in [3.05, 3.63) is 65.5 Å². The topological polar surface area (TPSA) is 60.8 Å². The number of aromatic nitrogens is 4. The van der Waals surface area contributed by atoms with Crippen LogP contribution in [0.4, 0.5) is 0 Å². The third kappa shape index (κ3) is 3.81. The van der Waals surface area contributed by atoms with Crippen LogP contribution < -0.4 is 4.74 Å². The summed E-state index contributed by atoms with van der Waals surface area (Å²) in [6.45, 7) is 2.44. The van der Waals surface area contributed by atoms with E-state index >= 15 is 0 Å². The second-order valence-corrected chi connectivity index (χ2v) is 5.32. The second-order valence-electron chi connectivity index (χ2n) is 4.88. The van der Waals surface area contributed by atoms with E-state index in [9.17, 15) is 0 Å². The van der Waals surface area contributed by atoms with Crippen LogP contribution in [0.3, 0.4) is 0 Å². The van der Waals surface area contributed by atoms with Gasteiger partial charge in [0.05, 0.1) is 18.5 Å². The molecule has 0 bridgehead atoms. The van der Waals surface area contributed by atoms with Gasteiger partial charge in [-0.1, -0.05) is 23.7 Å². The Labute approximate surface area is 139 Å². The first-order valence-electron chi connectivity index (χ1n) is 7.25. The zero-order valence-electron chi connectivity index (χ0n) is 12.6. The van der Waals surface area contributed by atoms with Crippen molar-refractivity contribution in [2.75, 3.05) is 6.61 Å². The highest BCUT2D eigenvalue weighted by molar-refractivity contribution is 6.30. The molecule has 0 radical (unpaired) electrons. The van der Waals surface area contributed by atoms with Crippen LogP contribution in [0.25, 0.3) is 11.3 Å². The Balaban J connectivity index is 1.99. The number of rotatable bonds is 5. The molecule has 2 aromatic heterocycles. The summed E-state index contributed by atoms with van der Waals surface area (Å²) in [5.74, 6) is 0.503.